The van der Waals surface area contributed by atoms with Gasteiger partial charge in [0.2, 0.25) is 5.82 Å². The van der Waals surface area contributed by atoms with Crippen LogP contribution >= 0.6 is 0 Å². The molecule has 4 N–H and O–H groups in total. The van der Waals surface area contributed by atoms with E-state index in [9.17, 15) is 24.7 Å². The first kappa shape index (κ1) is 17.3. The van der Waals surface area contributed by atoms with Crippen LogP contribution in [0.5, 0.6) is 0 Å². The molecule has 126 valence electrons. The zero-order valence-electron chi connectivity index (χ0n) is 13.0. The van der Waals surface area contributed by atoms with Crippen molar-refractivity contribution in [2.75, 3.05) is 13.2 Å². The lowest BCUT2D eigenvalue weighted by Crippen LogP contribution is -2.31. The van der Waals surface area contributed by atoms with Crippen molar-refractivity contribution in [2.45, 2.75) is 31.9 Å². The maximum atomic E-state index is 14.0. The normalized spacial score (nSPS) is 13.5. The van der Waals surface area contributed by atoms with Gasteiger partial charge in [-0.15, -0.1) is 0 Å². The summed E-state index contributed by atoms with van der Waals surface area (Å²) >= 11 is 0. The fourth-order valence-corrected chi connectivity index (χ4v) is 2.54. The molecular weight excluding hydrogens is 305 g/mol. The van der Waals surface area contributed by atoms with Crippen LogP contribution in [0.4, 0.5) is 10.1 Å². The zero-order chi connectivity index (χ0) is 17.4. The molecule has 1 heterocycles. The highest BCUT2D eigenvalue weighted by Crippen LogP contribution is 2.33. The summed E-state index contributed by atoms with van der Waals surface area (Å²) in [5, 5.41) is 30.8. The van der Waals surface area contributed by atoms with Gasteiger partial charge in [0.1, 0.15) is 0 Å². The summed E-state index contributed by atoms with van der Waals surface area (Å²) in [6.07, 6.45) is -0.850. The van der Waals surface area contributed by atoms with E-state index in [1.165, 1.54) is 0 Å². The van der Waals surface area contributed by atoms with Crippen LogP contribution in [0.1, 0.15) is 19.5 Å². The van der Waals surface area contributed by atoms with E-state index in [4.69, 9.17) is 5.73 Å². The van der Waals surface area contributed by atoms with Gasteiger partial charge >= 0.3 is 5.69 Å². The Hall–Kier alpha value is -2.03. The number of hydrogen-bond donors (Lipinski definition) is 3. The molecule has 23 heavy (non-hydrogen) atoms. The highest BCUT2D eigenvalue weighted by molar-refractivity contribution is 5.84. The fraction of sp³-hybridized carbons (Fsp3) is 0.467. The largest absolute Gasteiger partial charge is 0.395 e. The second-order valence-electron chi connectivity index (χ2n) is 6.19. The Morgan fingerprint density at radius 3 is 2.61 bits per heavy atom. The van der Waals surface area contributed by atoms with Crippen LogP contribution in [0.2, 0.25) is 0 Å². The molecule has 1 atom stereocenters. The Kier molecular flexibility index (Phi) is 4.69. The second-order valence-corrected chi connectivity index (χ2v) is 6.19. The summed E-state index contributed by atoms with van der Waals surface area (Å²) in [6, 6.07) is 3.90. The first-order chi connectivity index (χ1) is 10.7. The van der Waals surface area contributed by atoms with Gasteiger partial charge in [0.15, 0.2) is 0 Å². The van der Waals surface area contributed by atoms with E-state index >= 15 is 0 Å². The van der Waals surface area contributed by atoms with Gasteiger partial charge in [-0.05, 0) is 6.07 Å². The predicted molar refractivity (Wildman–Crippen MR) is 83.7 cm³/mol. The minimum Gasteiger partial charge on any atom is -0.395 e. The van der Waals surface area contributed by atoms with Crippen LogP contribution in [0.15, 0.2) is 18.2 Å². The van der Waals surface area contributed by atoms with Crippen LogP contribution in [0.25, 0.3) is 10.9 Å². The van der Waals surface area contributed by atoms with Crippen molar-refractivity contribution in [1.82, 2.24) is 4.57 Å². The fourth-order valence-electron chi connectivity index (χ4n) is 2.54. The second kappa shape index (κ2) is 6.23. The van der Waals surface area contributed by atoms with Crippen molar-refractivity contribution in [3.63, 3.8) is 0 Å². The van der Waals surface area contributed by atoms with E-state index in [1.807, 2.05) is 0 Å². The summed E-state index contributed by atoms with van der Waals surface area (Å²) in [6.45, 7) is 3.53. The number of nitro groups is 1. The third-order valence-electron chi connectivity index (χ3n) is 3.92. The third-order valence-corrected chi connectivity index (χ3v) is 3.92. The maximum Gasteiger partial charge on any atom is 0.305 e. The molecular formula is C15H20FN3O4. The summed E-state index contributed by atoms with van der Waals surface area (Å²) in [5.41, 5.74) is 5.22. The molecule has 2 rings (SSSR count). The first-order valence-corrected chi connectivity index (χ1v) is 7.18. The molecule has 0 aliphatic heterocycles. The first-order valence-electron chi connectivity index (χ1n) is 7.18. The number of aliphatic hydroxyl groups is 2. The predicted octanol–water partition coefficient (Wildman–Crippen LogP) is 1.28. The number of hydrogen-bond acceptors (Lipinski definition) is 5. The van der Waals surface area contributed by atoms with E-state index < -0.39 is 27.9 Å². The van der Waals surface area contributed by atoms with Crippen molar-refractivity contribution >= 4 is 16.6 Å². The number of nitrogens with zero attached hydrogens (tertiary/aromatic N) is 2. The topological polar surface area (TPSA) is 115 Å². The Morgan fingerprint density at radius 1 is 1.43 bits per heavy atom. The Labute approximate surface area is 132 Å². The SMILES string of the molecule is CC(C)(CO)c1cc2cc([N+](=O)[O-])c(F)cc2n1CC(O)CN. The molecule has 1 aromatic heterocycles. The molecule has 2 aromatic rings. The van der Waals surface area contributed by atoms with Gasteiger partial charge in [-0.25, -0.2) is 0 Å². The summed E-state index contributed by atoms with van der Waals surface area (Å²) < 4.78 is 15.6. The molecule has 0 aliphatic rings. The zero-order valence-corrected chi connectivity index (χ0v) is 13.0. The number of aliphatic hydroxyl groups excluding tert-OH is 2. The van der Waals surface area contributed by atoms with Crippen LogP contribution in [-0.2, 0) is 12.0 Å². The van der Waals surface area contributed by atoms with Crippen molar-refractivity contribution in [1.29, 1.82) is 0 Å². The molecule has 8 heteroatoms. The number of halogens is 1. The number of aromatic nitrogens is 1. The average molecular weight is 325 g/mol. The third kappa shape index (κ3) is 3.19. The summed E-state index contributed by atoms with van der Waals surface area (Å²) in [7, 11) is 0. The maximum absolute atomic E-state index is 14.0. The van der Waals surface area contributed by atoms with Gasteiger partial charge < -0.3 is 20.5 Å². The smallest absolute Gasteiger partial charge is 0.305 e. The Bertz CT molecular complexity index is 742. The molecule has 0 fully saturated rings. The average Bonchev–Trinajstić information content (AvgIpc) is 2.84. The van der Waals surface area contributed by atoms with Crippen LogP contribution in [0.3, 0.4) is 0 Å². The lowest BCUT2D eigenvalue weighted by atomic mass is 9.90. The van der Waals surface area contributed by atoms with Gasteiger partial charge in [-0.2, -0.15) is 4.39 Å². The standard InChI is InChI=1S/C15H20FN3O4/c1-15(2,8-20)14-4-9-3-13(19(22)23)11(16)5-12(9)18(14)7-10(21)6-17/h3-5,10,20-21H,6-8,17H2,1-2H3. The van der Waals surface area contributed by atoms with E-state index in [0.29, 0.717) is 16.6 Å². The Morgan fingerprint density at radius 2 is 2.09 bits per heavy atom. The molecule has 0 amide bonds. The van der Waals surface area contributed by atoms with Crippen molar-refractivity contribution in [3.05, 3.63) is 39.8 Å². The summed E-state index contributed by atoms with van der Waals surface area (Å²) in [5.74, 6) is -0.947. The van der Waals surface area contributed by atoms with Gasteiger partial charge in [-0.1, -0.05) is 13.8 Å². The lowest BCUT2D eigenvalue weighted by Gasteiger charge is -2.25. The minimum absolute atomic E-state index is 0.0220. The summed E-state index contributed by atoms with van der Waals surface area (Å²) in [4.78, 5) is 10.1. The number of fused-ring (bicyclic) bond motifs is 1. The van der Waals surface area contributed by atoms with Crippen molar-refractivity contribution in [2.24, 2.45) is 5.73 Å². The van der Waals surface area contributed by atoms with E-state index in [1.54, 1.807) is 24.5 Å². The number of benzene rings is 1. The van der Waals surface area contributed by atoms with Crippen LogP contribution in [0, 0.1) is 15.9 Å². The van der Waals surface area contributed by atoms with Crippen LogP contribution < -0.4 is 5.73 Å². The van der Waals surface area contributed by atoms with E-state index in [0.717, 1.165) is 12.1 Å². The van der Waals surface area contributed by atoms with Crippen molar-refractivity contribution < 1.29 is 19.5 Å². The molecule has 7 nitrogen and oxygen atoms in total. The van der Waals surface area contributed by atoms with E-state index in [-0.39, 0.29) is 19.7 Å². The minimum atomic E-state index is -0.947. The number of nitro benzene ring substituents is 1. The molecule has 0 saturated heterocycles. The lowest BCUT2D eigenvalue weighted by molar-refractivity contribution is -0.387. The molecule has 0 radical (unpaired) electrons. The molecule has 1 aromatic carbocycles. The monoisotopic (exact) mass is 325 g/mol. The van der Waals surface area contributed by atoms with E-state index in [2.05, 4.69) is 0 Å². The molecule has 0 saturated carbocycles. The van der Waals surface area contributed by atoms with Gasteiger partial charge in [0, 0.05) is 35.2 Å². The van der Waals surface area contributed by atoms with Gasteiger partial charge in [0.05, 0.1) is 29.7 Å². The van der Waals surface area contributed by atoms with Crippen molar-refractivity contribution in [3.8, 4) is 0 Å². The molecule has 0 bridgehead atoms. The molecule has 0 spiro atoms. The molecule has 1 unspecified atom stereocenters. The highest BCUT2D eigenvalue weighted by Gasteiger charge is 2.27. The van der Waals surface area contributed by atoms with Crippen LogP contribution in [-0.4, -0.2) is 39.0 Å². The Balaban J connectivity index is 2.73. The highest BCUT2D eigenvalue weighted by atomic mass is 19.1. The van der Waals surface area contributed by atoms with Gasteiger partial charge in [-0.3, -0.25) is 10.1 Å². The molecule has 0 aliphatic carbocycles. The van der Waals surface area contributed by atoms with Gasteiger partial charge in [0.25, 0.3) is 0 Å². The number of nitrogens with two attached hydrogens (primary N) is 1. The number of rotatable bonds is 6. The quantitative estimate of drug-likeness (QED) is 0.547.